The second-order valence-corrected chi connectivity index (χ2v) is 5.37. The van der Waals surface area contributed by atoms with Gasteiger partial charge in [0.2, 0.25) is 0 Å². The van der Waals surface area contributed by atoms with Crippen molar-refractivity contribution < 1.29 is 9.47 Å². The van der Waals surface area contributed by atoms with Crippen LogP contribution in [0.25, 0.3) is 0 Å². The van der Waals surface area contributed by atoms with E-state index in [9.17, 15) is 0 Å². The Morgan fingerprint density at radius 1 is 1.33 bits per heavy atom. The molecule has 4 heteroatoms. The number of nitrogens with one attached hydrogen (secondary N) is 1. The molecular weight excluding hydrogens is 286 g/mol. The summed E-state index contributed by atoms with van der Waals surface area (Å²) in [6, 6.07) is 4.23. The molecule has 0 aromatic heterocycles. The van der Waals surface area contributed by atoms with E-state index in [-0.39, 0.29) is 6.04 Å². The zero-order chi connectivity index (χ0) is 15.7. The minimum atomic E-state index is 0.266. The monoisotopic (exact) mass is 311 g/mol. The fourth-order valence-electron chi connectivity index (χ4n) is 2.31. The van der Waals surface area contributed by atoms with Gasteiger partial charge in [0.05, 0.1) is 19.2 Å². The highest BCUT2D eigenvalue weighted by Crippen LogP contribution is 2.38. The molecule has 118 valence electrons. The predicted octanol–water partition coefficient (Wildman–Crippen LogP) is 4.75. The van der Waals surface area contributed by atoms with Gasteiger partial charge in [-0.2, -0.15) is 0 Å². The van der Waals surface area contributed by atoms with Gasteiger partial charge in [-0.05, 0) is 49.9 Å². The van der Waals surface area contributed by atoms with E-state index >= 15 is 0 Å². The highest BCUT2D eigenvalue weighted by Gasteiger charge is 2.16. The van der Waals surface area contributed by atoms with Gasteiger partial charge in [-0.15, -0.1) is 6.58 Å². The van der Waals surface area contributed by atoms with E-state index in [0.717, 1.165) is 37.8 Å². The Kier molecular flexibility index (Phi) is 8.24. The Bertz CT molecular complexity index is 449. The third-order valence-corrected chi connectivity index (χ3v) is 3.68. The first-order valence-electron chi connectivity index (χ1n) is 7.43. The van der Waals surface area contributed by atoms with Crippen LogP contribution in [0.2, 0.25) is 5.02 Å². The Labute approximate surface area is 133 Å². The van der Waals surface area contributed by atoms with E-state index in [2.05, 4.69) is 18.8 Å². The van der Waals surface area contributed by atoms with Crippen LogP contribution in [0.3, 0.4) is 0 Å². The summed E-state index contributed by atoms with van der Waals surface area (Å²) in [5.41, 5.74) is 1.13. The van der Waals surface area contributed by atoms with Crippen LogP contribution >= 0.6 is 11.6 Å². The predicted molar refractivity (Wildman–Crippen MR) is 89.6 cm³/mol. The second kappa shape index (κ2) is 9.69. The Hall–Kier alpha value is -1.19. The maximum atomic E-state index is 6.30. The van der Waals surface area contributed by atoms with Crippen LogP contribution in [0.1, 0.15) is 44.2 Å². The number of hydrogen-bond acceptors (Lipinski definition) is 3. The van der Waals surface area contributed by atoms with Gasteiger partial charge >= 0.3 is 0 Å². The Morgan fingerprint density at radius 3 is 2.67 bits per heavy atom. The van der Waals surface area contributed by atoms with E-state index in [1.165, 1.54) is 0 Å². The molecular formula is C17H26ClNO2. The molecule has 21 heavy (non-hydrogen) atoms. The normalized spacial score (nSPS) is 12.0. The molecule has 0 aliphatic rings. The minimum Gasteiger partial charge on any atom is -0.493 e. The van der Waals surface area contributed by atoms with E-state index in [1.807, 2.05) is 18.2 Å². The topological polar surface area (TPSA) is 30.5 Å². The molecule has 1 N–H and O–H groups in total. The summed E-state index contributed by atoms with van der Waals surface area (Å²) in [6.45, 7) is 6.92. The average Bonchev–Trinajstić information content (AvgIpc) is 2.49. The molecule has 0 amide bonds. The van der Waals surface area contributed by atoms with Gasteiger partial charge in [0, 0.05) is 6.04 Å². The van der Waals surface area contributed by atoms with E-state index in [4.69, 9.17) is 21.1 Å². The number of benzene rings is 1. The van der Waals surface area contributed by atoms with Crippen LogP contribution in [0.4, 0.5) is 0 Å². The molecule has 0 aliphatic heterocycles. The largest absolute Gasteiger partial charge is 0.493 e. The van der Waals surface area contributed by atoms with E-state index < -0.39 is 0 Å². The smallest absolute Gasteiger partial charge is 0.179 e. The molecule has 1 rings (SSSR count). The molecule has 1 atom stereocenters. The summed E-state index contributed by atoms with van der Waals surface area (Å²) in [7, 11) is 3.23. The lowest BCUT2D eigenvalue weighted by molar-refractivity contribution is 0.353. The molecule has 0 radical (unpaired) electrons. The second-order valence-electron chi connectivity index (χ2n) is 4.96. The number of halogens is 1. The van der Waals surface area contributed by atoms with Gasteiger partial charge in [-0.1, -0.05) is 24.6 Å². The lowest BCUT2D eigenvalue weighted by atomic mass is 10.00. The Balaban J connectivity index is 2.99. The maximum absolute atomic E-state index is 6.30. The van der Waals surface area contributed by atoms with Crippen molar-refractivity contribution in [2.24, 2.45) is 0 Å². The zero-order valence-electron chi connectivity index (χ0n) is 13.2. The Morgan fingerprint density at radius 2 is 2.10 bits per heavy atom. The molecule has 0 saturated carbocycles. The third kappa shape index (κ3) is 5.25. The first-order chi connectivity index (χ1) is 10.2. The highest BCUT2D eigenvalue weighted by molar-refractivity contribution is 6.32. The van der Waals surface area contributed by atoms with Crippen molar-refractivity contribution in [1.29, 1.82) is 0 Å². The lowest BCUT2D eigenvalue weighted by Crippen LogP contribution is -2.22. The number of rotatable bonds is 10. The molecule has 0 fully saturated rings. The van der Waals surface area contributed by atoms with E-state index in [0.29, 0.717) is 16.5 Å². The number of methoxy groups -OCH3 is 2. The summed E-state index contributed by atoms with van der Waals surface area (Å²) in [5.74, 6) is 1.26. The summed E-state index contributed by atoms with van der Waals surface area (Å²) < 4.78 is 10.7. The van der Waals surface area contributed by atoms with Crippen molar-refractivity contribution in [3.63, 3.8) is 0 Å². The maximum Gasteiger partial charge on any atom is 0.179 e. The molecule has 0 bridgehead atoms. The number of allylic oxidation sites excluding steroid dienone is 1. The zero-order valence-corrected chi connectivity index (χ0v) is 14.0. The van der Waals surface area contributed by atoms with Gasteiger partial charge in [0.25, 0.3) is 0 Å². The number of unbranched alkanes of at least 4 members (excludes halogenated alkanes) is 1. The molecule has 1 aromatic rings. The number of ether oxygens (including phenoxy) is 2. The molecule has 0 spiro atoms. The minimum absolute atomic E-state index is 0.266. The first-order valence-corrected chi connectivity index (χ1v) is 7.81. The molecule has 3 nitrogen and oxygen atoms in total. The summed E-state index contributed by atoms with van der Waals surface area (Å²) >= 11 is 6.30. The SMILES string of the molecule is C=CCCCC(NCCC)c1cc(Cl)c(OC)c(OC)c1. The van der Waals surface area contributed by atoms with Crippen LogP contribution in [-0.2, 0) is 0 Å². The van der Waals surface area contributed by atoms with Gasteiger partial charge < -0.3 is 14.8 Å². The average molecular weight is 312 g/mol. The number of hydrogen-bond donors (Lipinski definition) is 1. The highest BCUT2D eigenvalue weighted by atomic mass is 35.5. The van der Waals surface area contributed by atoms with Crippen molar-refractivity contribution in [3.8, 4) is 11.5 Å². The summed E-state index contributed by atoms with van der Waals surface area (Å²) in [5, 5.41) is 4.15. The standard InChI is InChI=1S/C17H26ClNO2/c1-5-7-8-9-15(19-10-6-2)13-11-14(18)17(21-4)16(12-13)20-3/h5,11-12,15,19H,1,6-10H2,2-4H3. The van der Waals surface area contributed by atoms with Gasteiger partial charge in [0.15, 0.2) is 11.5 Å². The van der Waals surface area contributed by atoms with Crippen LogP contribution in [0.5, 0.6) is 11.5 Å². The third-order valence-electron chi connectivity index (χ3n) is 3.40. The lowest BCUT2D eigenvalue weighted by Gasteiger charge is -2.21. The van der Waals surface area contributed by atoms with Crippen molar-refractivity contribution in [3.05, 3.63) is 35.4 Å². The fourth-order valence-corrected chi connectivity index (χ4v) is 2.61. The van der Waals surface area contributed by atoms with Crippen molar-refractivity contribution in [1.82, 2.24) is 5.32 Å². The van der Waals surface area contributed by atoms with Crippen LogP contribution in [0.15, 0.2) is 24.8 Å². The van der Waals surface area contributed by atoms with Gasteiger partial charge in [0.1, 0.15) is 0 Å². The van der Waals surface area contributed by atoms with Crippen molar-refractivity contribution in [2.75, 3.05) is 20.8 Å². The molecule has 0 aliphatic carbocycles. The van der Waals surface area contributed by atoms with Crippen LogP contribution < -0.4 is 14.8 Å². The van der Waals surface area contributed by atoms with Crippen molar-refractivity contribution in [2.45, 2.75) is 38.6 Å². The summed E-state index contributed by atoms with van der Waals surface area (Å²) in [6.07, 6.45) is 6.21. The quantitative estimate of drug-likeness (QED) is 0.499. The first kappa shape index (κ1) is 17.9. The van der Waals surface area contributed by atoms with Crippen molar-refractivity contribution >= 4 is 11.6 Å². The van der Waals surface area contributed by atoms with Crippen LogP contribution in [-0.4, -0.2) is 20.8 Å². The van der Waals surface area contributed by atoms with Gasteiger partial charge in [-0.25, -0.2) is 0 Å². The fraction of sp³-hybridized carbons (Fsp3) is 0.529. The molecule has 0 heterocycles. The molecule has 0 saturated heterocycles. The van der Waals surface area contributed by atoms with Crippen LogP contribution in [0, 0.1) is 0 Å². The van der Waals surface area contributed by atoms with E-state index in [1.54, 1.807) is 14.2 Å². The summed E-state index contributed by atoms with van der Waals surface area (Å²) in [4.78, 5) is 0. The molecule has 1 aromatic carbocycles. The van der Waals surface area contributed by atoms with Gasteiger partial charge in [-0.3, -0.25) is 0 Å². The molecule has 1 unspecified atom stereocenters.